The van der Waals surface area contributed by atoms with Gasteiger partial charge >= 0.3 is 0 Å². The molecule has 0 heteroatoms. The Morgan fingerprint density at radius 2 is 0.926 bits per heavy atom. The van der Waals surface area contributed by atoms with E-state index in [1.165, 1.54) is 38.5 Å². The summed E-state index contributed by atoms with van der Waals surface area (Å²) in [5.41, 5.74) is 0. The summed E-state index contributed by atoms with van der Waals surface area (Å²) in [6.07, 6.45) is 31.1. The number of rotatable bonds is 5. The Morgan fingerprint density at radius 3 is 1.41 bits per heavy atom. The van der Waals surface area contributed by atoms with Gasteiger partial charge in [-0.1, -0.05) is 50.7 Å². The van der Waals surface area contributed by atoms with Crippen LogP contribution in [0.3, 0.4) is 0 Å². The fourth-order valence-electron chi connectivity index (χ4n) is 7.78. The Hall–Kier alpha value is -0.260. The maximum absolute atomic E-state index is 2.47. The lowest BCUT2D eigenvalue weighted by Gasteiger charge is -2.41. The molecular weight excluding hydrogens is 324 g/mol. The minimum absolute atomic E-state index is 0.905. The van der Waals surface area contributed by atoms with Crippen molar-refractivity contribution in [2.45, 2.75) is 116 Å². The lowest BCUT2D eigenvalue weighted by atomic mass is 9.64. The van der Waals surface area contributed by atoms with Crippen molar-refractivity contribution in [3.8, 4) is 0 Å². The van der Waals surface area contributed by atoms with E-state index < -0.39 is 0 Å². The standard InChI is InChI=1S/C27H46/c1-2-5-21-8-12-24(13-9-21)26-16-18-27(19-17-26)25-14-10-23(11-15-25)20-22-6-3-4-7-22/h2,5,21-27H,3-4,6-20H2,1H3/b5-2+. The van der Waals surface area contributed by atoms with Crippen molar-refractivity contribution in [2.24, 2.45) is 41.4 Å². The van der Waals surface area contributed by atoms with E-state index in [1.54, 1.807) is 70.6 Å². The molecule has 0 bridgehead atoms. The second-order valence-electron chi connectivity index (χ2n) is 11.0. The Labute approximate surface area is 170 Å². The zero-order chi connectivity index (χ0) is 18.5. The third-order valence-corrected chi connectivity index (χ3v) is 9.46. The van der Waals surface area contributed by atoms with Gasteiger partial charge in [-0.05, 0) is 119 Å². The smallest absolute Gasteiger partial charge is 0.0233 e. The van der Waals surface area contributed by atoms with E-state index in [2.05, 4.69) is 19.1 Å². The zero-order valence-corrected chi connectivity index (χ0v) is 18.2. The van der Waals surface area contributed by atoms with E-state index in [0.29, 0.717) is 0 Å². The molecule has 0 atom stereocenters. The summed E-state index contributed by atoms with van der Waals surface area (Å²) in [6.45, 7) is 2.19. The van der Waals surface area contributed by atoms with Crippen LogP contribution in [0.4, 0.5) is 0 Å². The van der Waals surface area contributed by atoms with Crippen molar-refractivity contribution in [3.63, 3.8) is 0 Å². The van der Waals surface area contributed by atoms with Crippen LogP contribution in [0.1, 0.15) is 116 Å². The molecular formula is C27H46. The number of hydrogen-bond acceptors (Lipinski definition) is 0. The SMILES string of the molecule is C/C=C/C1CCC(C2CCC(C3CCC(CC4CCCC4)CC3)CC2)CC1. The first-order chi connectivity index (χ1) is 13.3. The summed E-state index contributed by atoms with van der Waals surface area (Å²) >= 11 is 0. The molecule has 4 saturated carbocycles. The van der Waals surface area contributed by atoms with Gasteiger partial charge in [-0.25, -0.2) is 0 Å². The van der Waals surface area contributed by atoms with Crippen LogP contribution in [0.25, 0.3) is 0 Å². The first kappa shape index (κ1) is 20.0. The van der Waals surface area contributed by atoms with E-state index >= 15 is 0 Å². The van der Waals surface area contributed by atoms with E-state index in [4.69, 9.17) is 0 Å². The number of allylic oxidation sites excluding steroid dienone is 2. The third kappa shape index (κ3) is 5.42. The van der Waals surface area contributed by atoms with Crippen molar-refractivity contribution in [1.82, 2.24) is 0 Å². The summed E-state index contributed by atoms with van der Waals surface area (Å²) in [5, 5.41) is 0. The van der Waals surface area contributed by atoms with Gasteiger partial charge in [0.1, 0.15) is 0 Å². The quantitative estimate of drug-likeness (QED) is 0.425. The molecule has 0 aromatic rings. The monoisotopic (exact) mass is 370 g/mol. The molecule has 4 fully saturated rings. The molecule has 0 radical (unpaired) electrons. The van der Waals surface area contributed by atoms with Crippen LogP contribution in [0, 0.1) is 41.4 Å². The zero-order valence-electron chi connectivity index (χ0n) is 18.2. The topological polar surface area (TPSA) is 0 Å². The molecule has 0 heterocycles. The average Bonchev–Trinajstić information content (AvgIpc) is 3.23. The van der Waals surface area contributed by atoms with Gasteiger partial charge in [0.25, 0.3) is 0 Å². The highest BCUT2D eigenvalue weighted by atomic mass is 14.4. The Bertz CT molecular complexity index is 433. The van der Waals surface area contributed by atoms with E-state index in [1.807, 2.05) is 0 Å². The maximum atomic E-state index is 2.47. The summed E-state index contributed by atoms with van der Waals surface area (Å²) < 4.78 is 0. The Kier molecular flexibility index (Phi) is 7.40. The van der Waals surface area contributed by atoms with Crippen LogP contribution in [0.2, 0.25) is 0 Å². The second-order valence-corrected chi connectivity index (χ2v) is 11.0. The molecule has 0 N–H and O–H groups in total. The van der Waals surface area contributed by atoms with Crippen molar-refractivity contribution in [3.05, 3.63) is 12.2 Å². The van der Waals surface area contributed by atoms with Crippen molar-refractivity contribution in [1.29, 1.82) is 0 Å². The predicted molar refractivity (Wildman–Crippen MR) is 118 cm³/mol. The van der Waals surface area contributed by atoms with Gasteiger partial charge in [0.15, 0.2) is 0 Å². The van der Waals surface area contributed by atoms with Gasteiger partial charge in [0.05, 0.1) is 0 Å². The molecule has 0 aromatic carbocycles. The summed E-state index contributed by atoms with van der Waals surface area (Å²) in [6, 6.07) is 0. The molecule has 0 aliphatic heterocycles. The van der Waals surface area contributed by atoms with Crippen molar-refractivity contribution < 1.29 is 0 Å². The van der Waals surface area contributed by atoms with Gasteiger partial charge in [-0.3, -0.25) is 0 Å². The molecule has 4 rings (SSSR count). The van der Waals surface area contributed by atoms with E-state index in [9.17, 15) is 0 Å². The Morgan fingerprint density at radius 1 is 0.519 bits per heavy atom. The fourth-order valence-corrected chi connectivity index (χ4v) is 7.78. The van der Waals surface area contributed by atoms with Gasteiger partial charge in [0.2, 0.25) is 0 Å². The van der Waals surface area contributed by atoms with Crippen LogP contribution in [-0.4, -0.2) is 0 Å². The van der Waals surface area contributed by atoms with Gasteiger partial charge in [0, 0.05) is 0 Å². The number of hydrogen-bond donors (Lipinski definition) is 0. The lowest BCUT2D eigenvalue weighted by molar-refractivity contribution is 0.105. The van der Waals surface area contributed by atoms with Gasteiger partial charge in [-0.15, -0.1) is 0 Å². The second kappa shape index (κ2) is 9.98. The molecule has 0 nitrogen and oxygen atoms in total. The van der Waals surface area contributed by atoms with Crippen LogP contribution < -0.4 is 0 Å². The molecule has 0 amide bonds. The molecule has 0 spiro atoms. The Balaban J connectivity index is 1.15. The van der Waals surface area contributed by atoms with Crippen LogP contribution in [0.5, 0.6) is 0 Å². The highest BCUT2D eigenvalue weighted by molar-refractivity contribution is 4.91. The normalized spacial score (nSPS) is 42.0. The fraction of sp³-hybridized carbons (Fsp3) is 0.926. The van der Waals surface area contributed by atoms with Gasteiger partial charge < -0.3 is 0 Å². The first-order valence-corrected chi connectivity index (χ1v) is 12.9. The maximum Gasteiger partial charge on any atom is -0.0233 e. The largest absolute Gasteiger partial charge is 0.0914 e. The molecule has 4 aliphatic carbocycles. The highest BCUT2D eigenvalue weighted by Gasteiger charge is 2.34. The van der Waals surface area contributed by atoms with Crippen LogP contribution in [0.15, 0.2) is 12.2 Å². The van der Waals surface area contributed by atoms with Crippen molar-refractivity contribution >= 4 is 0 Å². The van der Waals surface area contributed by atoms with Crippen molar-refractivity contribution in [2.75, 3.05) is 0 Å². The highest BCUT2D eigenvalue weighted by Crippen LogP contribution is 2.47. The molecule has 27 heavy (non-hydrogen) atoms. The minimum Gasteiger partial charge on any atom is -0.0914 e. The van der Waals surface area contributed by atoms with E-state index in [-0.39, 0.29) is 0 Å². The summed E-state index contributed by atoms with van der Waals surface area (Å²) in [5.74, 6) is 7.50. The molecule has 0 aromatic heterocycles. The molecule has 0 unspecified atom stereocenters. The van der Waals surface area contributed by atoms with Crippen LogP contribution in [-0.2, 0) is 0 Å². The van der Waals surface area contributed by atoms with Gasteiger partial charge in [-0.2, -0.15) is 0 Å². The molecule has 4 aliphatic rings. The predicted octanol–water partition coefficient (Wildman–Crippen LogP) is 8.56. The minimum atomic E-state index is 0.905. The summed E-state index contributed by atoms with van der Waals surface area (Å²) in [4.78, 5) is 0. The average molecular weight is 371 g/mol. The summed E-state index contributed by atoms with van der Waals surface area (Å²) in [7, 11) is 0. The molecule has 0 saturated heterocycles. The molecule has 154 valence electrons. The van der Waals surface area contributed by atoms with Crippen LogP contribution >= 0.6 is 0 Å². The first-order valence-electron chi connectivity index (χ1n) is 12.9. The van der Waals surface area contributed by atoms with E-state index in [0.717, 1.165) is 41.4 Å². The lowest BCUT2D eigenvalue weighted by Crippen LogP contribution is -2.29. The third-order valence-electron chi connectivity index (χ3n) is 9.46.